The number of pyridine rings is 1. The summed E-state index contributed by atoms with van der Waals surface area (Å²) in [6.07, 6.45) is 3.62. The molecule has 0 radical (unpaired) electrons. The maximum Gasteiger partial charge on any atom is 0.250 e. The first-order chi connectivity index (χ1) is 18.9. The normalized spacial score (nSPS) is 16.7. The lowest BCUT2D eigenvalue weighted by molar-refractivity contribution is -0.119. The van der Waals surface area contributed by atoms with Crippen LogP contribution < -0.4 is 20.3 Å². The summed E-state index contributed by atoms with van der Waals surface area (Å²) in [5.74, 6) is -0.324. The van der Waals surface area contributed by atoms with Crippen LogP contribution in [0.4, 0.5) is 15.8 Å². The van der Waals surface area contributed by atoms with Gasteiger partial charge < -0.3 is 29.6 Å². The van der Waals surface area contributed by atoms with Gasteiger partial charge in [0.05, 0.1) is 29.6 Å². The van der Waals surface area contributed by atoms with E-state index in [1.54, 1.807) is 30.5 Å². The number of amides is 1. The summed E-state index contributed by atoms with van der Waals surface area (Å²) in [4.78, 5) is 18.9. The van der Waals surface area contributed by atoms with Crippen LogP contribution in [0.5, 0.6) is 5.75 Å². The molecule has 39 heavy (non-hydrogen) atoms. The number of anilines is 2. The van der Waals surface area contributed by atoms with Gasteiger partial charge in [-0.15, -0.1) is 0 Å². The second kappa shape index (κ2) is 11.4. The van der Waals surface area contributed by atoms with Crippen molar-refractivity contribution in [2.45, 2.75) is 12.1 Å². The number of ether oxygens (including phenoxy) is 2. The second-order valence-electron chi connectivity index (χ2n) is 8.76. The number of hydrogen-bond donors (Lipinski definition) is 2. The van der Waals surface area contributed by atoms with Crippen molar-refractivity contribution in [1.82, 2.24) is 14.9 Å². The molecule has 0 bridgehead atoms. The zero-order valence-electron chi connectivity index (χ0n) is 21.1. The largest absolute Gasteiger partial charge is 0.495 e. The SMILES string of the molecule is COCC(=O)Nc1cc(N2C(=S)N[C@@H](c3ccccn3)[C@@H]2c2cccn2-c2ccc(F)c(Cl)c2)ccc1OC. The molecule has 1 aliphatic rings. The summed E-state index contributed by atoms with van der Waals surface area (Å²) in [5.41, 5.74) is 3.54. The lowest BCUT2D eigenvalue weighted by atomic mass is 10.0. The molecule has 2 N–H and O–H groups in total. The van der Waals surface area contributed by atoms with Crippen molar-refractivity contribution >= 4 is 46.2 Å². The minimum Gasteiger partial charge on any atom is -0.495 e. The van der Waals surface area contributed by atoms with E-state index in [0.717, 1.165) is 11.4 Å². The summed E-state index contributed by atoms with van der Waals surface area (Å²) in [7, 11) is 2.98. The van der Waals surface area contributed by atoms with Gasteiger partial charge in [0.1, 0.15) is 24.2 Å². The van der Waals surface area contributed by atoms with Crippen molar-refractivity contribution in [2.75, 3.05) is 31.0 Å². The zero-order valence-corrected chi connectivity index (χ0v) is 22.7. The van der Waals surface area contributed by atoms with E-state index in [9.17, 15) is 9.18 Å². The molecule has 0 spiro atoms. The van der Waals surface area contributed by atoms with Crippen molar-refractivity contribution in [2.24, 2.45) is 0 Å². The third-order valence-corrected chi connectivity index (χ3v) is 6.98. The molecule has 200 valence electrons. The average molecular weight is 566 g/mol. The Balaban J connectivity index is 1.63. The highest BCUT2D eigenvalue weighted by atomic mass is 35.5. The lowest BCUT2D eigenvalue weighted by Gasteiger charge is -2.29. The number of halogens is 2. The number of nitrogens with one attached hydrogen (secondary N) is 2. The summed E-state index contributed by atoms with van der Waals surface area (Å²) in [6, 6.07) is 18.9. The van der Waals surface area contributed by atoms with Gasteiger partial charge in [-0.3, -0.25) is 9.78 Å². The third-order valence-electron chi connectivity index (χ3n) is 6.37. The summed E-state index contributed by atoms with van der Waals surface area (Å²) in [5, 5.41) is 6.75. The van der Waals surface area contributed by atoms with Gasteiger partial charge >= 0.3 is 0 Å². The van der Waals surface area contributed by atoms with Gasteiger partial charge in [0.2, 0.25) is 5.91 Å². The van der Waals surface area contributed by atoms with E-state index < -0.39 is 5.82 Å². The molecule has 1 fully saturated rings. The van der Waals surface area contributed by atoms with Crippen LogP contribution in [-0.4, -0.2) is 41.4 Å². The number of carbonyl (C=O) groups is 1. The van der Waals surface area contributed by atoms with Crippen molar-refractivity contribution in [1.29, 1.82) is 0 Å². The van der Waals surface area contributed by atoms with E-state index in [2.05, 4.69) is 15.6 Å². The molecule has 1 amide bonds. The Morgan fingerprint density at radius 3 is 2.67 bits per heavy atom. The molecule has 0 aliphatic carbocycles. The lowest BCUT2D eigenvalue weighted by Crippen LogP contribution is -2.30. The Labute approximate surface area is 235 Å². The molecule has 1 aliphatic heterocycles. The fourth-order valence-corrected chi connectivity index (χ4v) is 5.22. The maximum absolute atomic E-state index is 14.0. The Kier molecular flexibility index (Phi) is 7.78. The predicted octanol–water partition coefficient (Wildman–Crippen LogP) is 5.44. The van der Waals surface area contributed by atoms with Crippen LogP contribution in [0.3, 0.4) is 0 Å². The van der Waals surface area contributed by atoms with Gasteiger partial charge in [-0.2, -0.15) is 0 Å². The van der Waals surface area contributed by atoms with Crippen molar-refractivity contribution in [3.05, 3.63) is 101 Å². The number of hydrogen-bond acceptors (Lipinski definition) is 5. The van der Waals surface area contributed by atoms with Crippen molar-refractivity contribution < 1.29 is 18.7 Å². The van der Waals surface area contributed by atoms with Crippen molar-refractivity contribution in [3.63, 3.8) is 0 Å². The van der Waals surface area contributed by atoms with E-state index in [-0.39, 0.29) is 29.6 Å². The highest BCUT2D eigenvalue weighted by molar-refractivity contribution is 7.80. The van der Waals surface area contributed by atoms with Gasteiger partial charge in [0.15, 0.2) is 5.11 Å². The van der Waals surface area contributed by atoms with E-state index in [4.69, 9.17) is 33.3 Å². The smallest absolute Gasteiger partial charge is 0.250 e. The van der Waals surface area contributed by atoms with Gasteiger partial charge in [-0.1, -0.05) is 17.7 Å². The van der Waals surface area contributed by atoms with E-state index in [1.165, 1.54) is 20.3 Å². The van der Waals surface area contributed by atoms with E-state index in [0.29, 0.717) is 27.9 Å². The fraction of sp³-hybridized carbons (Fsp3) is 0.179. The monoisotopic (exact) mass is 565 g/mol. The van der Waals surface area contributed by atoms with Gasteiger partial charge in [-0.05, 0) is 72.9 Å². The first-order valence-corrected chi connectivity index (χ1v) is 12.8. The number of nitrogens with zero attached hydrogens (tertiary/aromatic N) is 3. The average Bonchev–Trinajstić information content (AvgIpc) is 3.55. The Bertz CT molecular complexity index is 1520. The van der Waals surface area contributed by atoms with Gasteiger partial charge in [0.25, 0.3) is 0 Å². The molecular formula is C28H25ClFN5O3S. The molecule has 11 heteroatoms. The van der Waals surface area contributed by atoms with Crippen LogP contribution in [0.25, 0.3) is 5.69 Å². The molecule has 2 atom stereocenters. The molecule has 4 aromatic rings. The van der Waals surface area contributed by atoms with E-state index in [1.807, 2.05) is 52.1 Å². The first kappa shape index (κ1) is 26.6. The fourth-order valence-electron chi connectivity index (χ4n) is 4.70. The molecule has 8 nitrogen and oxygen atoms in total. The van der Waals surface area contributed by atoms with Crippen LogP contribution in [0, 0.1) is 5.82 Å². The maximum atomic E-state index is 14.0. The molecule has 5 rings (SSSR count). The Hall–Kier alpha value is -3.99. The summed E-state index contributed by atoms with van der Waals surface area (Å²) >= 11 is 12.0. The molecule has 0 saturated carbocycles. The first-order valence-electron chi connectivity index (χ1n) is 12.0. The quantitative estimate of drug-likeness (QED) is 0.276. The predicted molar refractivity (Wildman–Crippen MR) is 152 cm³/mol. The minimum atomic E-state index is -0.493. The highest BCUT2D eigenvalue weighted by Crippen LogP contribution is 2.44. The third kappa shape index (κ3) is 5.31. The highest BCUT2D eigenvalue weighted by Gasteiger charge is 2.42. The Morgan fingerprint density at radius 2 is 1.95 bits per heavy atom. The zero-order chi connectivity index (χ0) is 27.5. The minimum absolute atomic E-state index is 0.0250. The van der Waals surface area contributed by atoms with E-state index >= 15 is 0 Å². The number of aromatic nitrogens is 2. The summed E-state index contributed by atoms with van der Waals surface area (Å²) in [6.45, 7) is -0.102. The van der Waals surface area contributed by atoms with Crippen molar-refractivity contribution in [3.8, 4) is 11.4 Å². The number of rotatable bonds is 8. The molecule has 0 unspecified atom stereocenters. The van der Waals surface area contributed by atoms with Crippen LogP contribution in [-0.2, 0) is 9.53 Å². The van der Waals surface area contributed by atoms with Gasteiger partial charge in [0, 0.05) is 36.6 Å². The molecule has 1 saturated heterocycles. The topological polar surface area (TPSA) is 80.7 Å². The summed E-state index contributed by atoms with van der Waals surface area (Å²) < 4.78 is 26.3. The number of methoxy groups -OCH3 is 2. The van der Waals surface area contributed by atoms with Crippen LogP contribution >= 0.6 is 23.8 Å². The molecule has 2 aromatic heterocycles. The molecule has 3 heterocycles. The molecular weight excluding hydrogens is 541 g/mol. The van der Waals surface area contributed by atoms with Gasteiger partial charge in [-0.25, -0.2) is 4.39 Å². The number of benzene rings is 2. The number of carbonyl (C=O) groups excluding carboxylic acids is 1. The Morgan fingerprint density at radius 1 is 1.13 bits per heavy atom. The second-order valence-corrected chi connectivity index (χ2v) is 9.56. The number of thiocarbonyl (C=S) groups is 1. The van der Waals surface area contributed by atoms with Crippen LogP contribution in [0.15, 0.2) is 79.1 Å². The standard InChI is InChI=1S/C28H25ClFN5O3S/c1-37-16-25(36)32-22-15-18(9-11-24(22)38-2)35-27(26(33-28(35)39)21-6-3-4-12-31-21)23-7-5-13-34(23)17-8-10-20(30)19(29)14-17/h3-15,26-27H,16H2,1-2H3,(H,32,36)(H,33,39)/t26-,27-/m0/s1. The molecule has 2 aromatic carbocycles. The van der Waals surface area contributed by atoms with Crippen LogP contribution in [0.2, 0.25) is 5.02 Å². The van der Waals surface area contributed by atoms with Crippen LogP contribution in [0.1, 0.15) is 23.5 Å².